The van der Waals surface area contributed by atoms with E-state index in [1.54, 1.807) is 12.1 Å². The number of carbonyl (C=O) groups excluding carboxylic acids is 1. The van der Waals surface area contributed by atoms with Gasteiger partial charge in [0.1, 0.15) is 5.82 Å². The molecule has 0 aromatic carbocycles. The molecule has 0 aliphatic heterocycles. The maximum atomic E-state index is 10.8. The number of nitrogens with two attached hydrogens (primary N) is 1. The number of anilines is 1. The SMILES string of the molecule is CCC(C)(CC)Nc1ccc(C(N)=O)nn1. The zero-order valence-corrected chi connectivity index (χ0v) is 9.95. The minimum absolute atomic E-state index is 0.00290. The van der Waals surface area contributed by atoms with Crippen molar-refractivity contribution in [3.8, 4) is 0 Å². The zero-order chi connectivity index (χ0) is 12.2. The Bertz CT molecular complexity index is 357. The first-order valence-corrected chi connectivity index (χ1v) is 5.42. The number of nitrogens with zero attached hydrogens (tertiary/aromatic N) is 2. The number of rotatable bonds is 5. The van der Waals surface area contributed by atoms with Gasteiger partial charge in [0.2, 0.25) is 0 Å². The second-order valence-corrected chi connectivity index (χ2v) is 4.06. The second-order valence-electron chi connectivity index (χ2n) is 4.06. The molecule has 1 aromatic rings. The van der Waals surface area contributed by atoms with E-state index in [1.165, 1.54) is 0 Å². The monoisotopic (exact) mass is 222 g/mol. The molecule has 0 aliphatic rings. The molecule has 5 heteroatoms. The van der Waals surface area contributed by atoms with Gasteiger partial charge in [-0.25, -0.2) is 0 Å². The van der Waals surface area contributed by atoms with E-state index in [9.17, 15) is 4.79 Å². The van der Waals surface area contributed by atoms with E-state index >= 15 is 0 Å². The molecule has 0 fully saturated rings. The molecule has 0 unspecified atom stereocenters. The van der Waals surface area contributed by atoms with Gasteiger partial charge in [0, 0.05) is 5.54 Å². The minimum Gasteiger partial charge on any atom is -0.364 e. The lowest BCUT2D eigenvalue weighted by molar-refractivity contribution is 0.0994. The first-order chi connectivity index (χ1) is 7.50. The predicted molar refractivity (Wildman–Crippen MR) is 63.2 cm³/mol. The summed E-state index contributed by atoms with van der Waals surface area (Å²) in [7, 11) is 0. The molecule has 1 heterocycles. The van der Waals surface area contributed by atoms with Crippen molar-refractivity contribution >= 4 is 11.7 Å². The Balaban J connectivity index is 2.79. The van der Waals surface area contributed by atoms with Crippen molar-refractivity contribution in [3.63, 3.8) is 0 Å². The summed E-state index contributed by atoms with van der Waals surface area (Å²) in [6.45, 7) is 6.35. The van der Waals surface area contributed by atoms with E-state index in [4.69, 9.17) is 5.73 Å². The summed E-state index contributed by atoms with van der Waals surface area (Å²) in [5, 5.41) is 11.0. The van der Waals surface area contributed by atoms with Crippen molar-refractivity contribution in [1.29, 1.82) is 0 Å². The summed E-state index contributed by atoms with van der Waals surface area (Å²) in [5.74, 6) is 0.101. The van der Waals surface area contributed by atoms with Gasteiger partial charge >= 0.3 is 0 Å². The smallest absolute Gasteiger partial charge is 0.269 e. The van der Waals surface area contributed by atoms with Crippen LogP contribution in [0, 0.1) is 0 Å². The number of aromatic nitrogens is 2. The summed E-state index contributed by atoms with van der Waals surface area (Å²) in [6, 6.07) is 3.29. The topological polar surface area (TPSA) is 80.9 Å². The van der Waals surface area contributed by atoms with Crippen LogP contribution in [0.15, 0.2) is 12.1 Å². The third-order valence-electron chi connectivity index (χ3n) is 2.91. The zero-order valence-electron chi connectivity index (χ0n) is 9.95. The van der Waals surface area contributed by atoms with E-state index < -0.39 is 5.91 Å². The van der Waals surface area contributed by atoms with Gasteiger partial charge < -0.3 is 11.1 Å². The highest BCUT2D eigenvalue weighted by Crippen LogP contribution is 2.19. The van der Waals surface area contributed by atoms with Crippen LogP contribution in [-0.2, 0) is 0 Å². The molecule has 0 aliphatic carbocycles. The van der Waals surface area contributed by atoms with Crippen molar-refractivity contribution in [2.75, 3.05) is 5.32 Å². The number of carbonyl (C=O) groups is 1. The summed E-state index contributed by atoms with van der Waals surface area (Å²) < 4.78 is 0. The average molecular weight is 222 g/mol. The largest absolute Gasteiger partial charge is 0.364 e. The van der Waals surface area contributed by atoms with Crippen molar-refractivity contribution in [1.82, 2.24) is 10.2 Å². The molecule has 1 rings (SSSR count). The van der Waals surface area contributed by atoms with Crippen LogP contribution in [0.25, 0.3) is 0 Å². The van der Waals surface area contributed by atoms with Crippen molar-refractivity contribution in [3.05, 3.63) is 17.8 Å². The Labute approximate surface area is 95.4 Å². The number of primary amides is 1. The molecule has 5 nitrogen and oxygen atoms in total. The van der Waals surface area contributed by atoms with E-state index in [-0.39, 0.29) is 11.2 Å². The molecular formula is C11H18N4O. The summed E-state index contributed by atoms with van der Waals surface area (Å²) in [4.78, 5) is 10.8. The maximum absolute atomic E-state index is 10.8. The first kappa shape index (κ1) is 12.4. The van der Waals surface area contributed by atoms with Crippen LogP contribution < -0.4 is 11.1 Å². The standard InChI is InChI=1S/C11H18N4O/c1-4-11(3,5-2)13-9-7-6-8(10(12)16)14-15-9/h6-7H,4-5H2,1-3H3,(H2,12,16)(H,13,15). The van der Waals surface area contributed by atoms with Crippen molar-refractivity contribution in [2.45, 2.75) is 39.2 Å². The fourth-order valence-electron chi connectivity index (χ4n) is 1.27. The maximum Gasteiger partial charge on any atom is 0.269 e. The van der Waals surface area contributed by atoms with Gasteiger partial charge in [-0.05, 0) is 31.9 Å². The minimum atomic E-state index is -0.562. The van der Waals surface area contributed by atoms with E-state index in [0.717, 1.165) is 12.8 Å². The number of hydrogen-bond donors (Lipinski definition) is 2. The molecule has 0 radical (unpaired) electrons. The van der Waals surface area contributed by atoms with Crippen molar-refractivity contribution in [2.24, 2.45) is 5.73 Å². The molecule has 1 aromatic heterocycles. The van der Waals surface area contributed by atoms with Gasteiger partial charge in [0.05, 0.1) is 0 Å². The van der Waals surface area contributed by atoms with Crippen LogP contribution in [-0.4, -0.2) is 21.6 Å². The molecule has 0 spiro atoms. The summed E-state index contributed by atoms with van der Waals surface area (Å²) in [6.07, 6.45) is 1.98. The first-order valence-electron chi connectivity index (χ1n) is 5.42. The highest BCUT2D eigenvalue weighted by molar-refractivity contribution is 5.90. The van der Waals surface area contributed by atoms with Gasteiger partial charge in [-0.2, -0.15) is 0 Å². The third kappa shape index (κ3) is 2.92. The van der Waals surface area contributed by atoms with Crippen LogP contribution >= 0.6 is 0 Å². The Hall–Kier alpha value is -1.65. The van der Waals surface area contributed by atoms with Crippen LogP contribution in [0.2, 0.25) is 0 Å². The molecule has 0 bridgehead atoms. The van der Waals surface area contributed by atoms with Gasteiger partial charge in [0.15, 0.2) is 5.69 Å². The van der Waals surface area contributed by atoms with E-state index in [1.807, 2.05) is 0 Å². The predicted octanol–water partition coefficient (Wildman–Crippen LogP) is 1.57. The van der Waals surface area contributed by atoms with Gasteiger partial charge in [0.25, 0.3) is 5.91 Å². The Morgan fingerprint density at radius 2 is 2.00 bits per heavy atom. The highest BCUT2D eigenvalue weighted by atomic mass is 16.1. The Morgan fingerprint density at radius 1 is 1.38 bits per heavy atom. The lowest BCUT2D eigenvalue weighted by Gasteiger charge is -2.28. The molecule has 16 heavy (non-hydrogen) atoms. The number of nitrogens with one attached hydrogen (secondary N) is 1. The van der Waals surface area contributed by atoms with Crippen molar-refractivity contribution < 1.29 is 4.79 Å². The van der Waals surface area contributed by atoms with Gasteiger partial charge in [-0.3, -0.25) is 4.79 Å². The molecule has 0 saturated carbocycles. The summed E-state index contributed by atoms with van der Waals surface area (Å²) >= 11 is 0. The fourth-order valence-corrected chi connectivity index (χ4v) is 1.27. The van der Waals surface area contributed by atoms with Crippen LogP contribution in [0.1, 0.15) is 44.1 Å². The molecule has 1 amide bonds. The van der Waals surface area contributed by atoms with Crippen LogP contribution in [0.5, 0.6) is 0 Å². The molecule has 88 valence electrons. The highest BCUT2D eigenvalue weighted by Gasteiger charge is 2.19. The Morgan fingerprint density at radius 3 is 2.38 bits per heavy atom. The van der Waals surface area contributed by atoms with E-state index in [2.05, 4.69) is 36.3 Å². The van der Waals surface area contributed by atoms with Gasteiger partial charge in [-0.15, -0.1) is 10.2 Å². The van der Waals surface area contributed by atoms with Gasteiger partial charge in [-0.1, -0.05) is 13.8 Å². The normalized spacial score (nSPS) is 11.2. The molecule has 0 saturated heterocycles. The number of hydrogen-bond acceptors (Lipinski definition) is 4. The second kappa shape index (κ2) is 4.92. The quantitative estimate of drug-likeness (QED) is 0.792. The molecule has 0 atom stereocenters. The molecule has 3 N–H and O–H groups in total. The number of amides is 1. The van der Waals surface area contributed by atoms with Crippen LogP contribution in [0.4, 0.5) is 5.82 Å². The Kier molecular flexibility index (Phi) is 3.82. The lowest BCUT2D eigenvalue weighted by atomic mass is 9.96. The lowest BCUT2D eigenvalue weighted by Crippen LogP contribution is -2.33. The fraction of sp³-hybridized carbons (Fsp3) is 0.545. The third-order valence-corrected chi connectivity index (χ3v) is 2.91. The average Bonchev–Trinajstić information content (AvgIpc) is 2.29. The summed E-state index contributed by atoms with van der Waals surface area (Å²) in [5.41, 5.74) is 5.27. The molecular weight excluding hydrogens is 204 g/mol. The van der Waals surface area contributed by atoms with Crippen LogP contribution in [0.3, 0.4) is 0 Å². The van der Waals surface area contributed by atoms with E-state index in [0.29, 0.717) is 5.82 Å².